The van der Waals surface area contributed by atoms with Gasteiger partial charge in [0, 0.05) is 43.4 Å². The lowest BCUT2D eigenvalue weighted by Crippen LogP contribution is -2.57. The van der Waals surface area contributed by atoms with Crippen molar-refractivity contribution in [1.29, 1.82) is 0 Å². The van der Waals surface area contributed by atoms with Crippen LogP contribution in [0.5, 0.6) is 0 Å². The maximum absolute atomic E-state index is 13.5. The Kier molecular flexibility index (Phi) is 4.72. The van der Waals surface area contributed by atoms with E-state index in [-0.39, 0.29) is 17.0 Å². The van der Waals surface area contributed by atoms with Gasteiger partial charge in [-0.15, -0.1) is 0 Å². The number of piperidine rings is 1. The molecule has 144 valence electrons. The number of nitrogens with one attached hydrogen (secondary N) is 1. The van der Waals surface area contributed by atoms with Crippen LogP contribution in [0.3, 0.4) is 0 Å². The molecule has 1 N–H and O–H groups in total. The smallest absolute Gasteiger partial charge is 0.254 e. The number of imidazole rings is 1. The van der Waals surface area contributed by atoms with E-state index in [9.17, 15) is 13.6 Å². The van der Waals surface area contributed by atoms with Crippen LogP contribution in [-0.4, -0.2) is 51.9 Å². The maximum Gasteiger partial charge on any atom is 0.254 e. The van der Waals surface area contributed by atoms with Gasteiger partial charge in [0.15, 0.2) is 0 Å². The molecule has 1 aromatic carbocycles. The first kappa shape index (κ1) is 18.1. The summed E-state index contributed by atoms with van der Waals surface area (Å²) in [6, 6.07) is 2.99. The molecule has 2 aromatic rings. The van der Waals surface area contributed by atoms with E-state index in [1.54, 1.807) is 11.2 Å². The van der Waals surface area contributed by atoms with Gasteiger partial charge < -0.3 is 9.88 Å². The van der Waals surface area contributed by atoms with Crippen LogP contribution in [0.25, 0.3) is 0 Å². The molecule has 0 unspecified atom stereocenters. The molecule has 5 nitrogen and oxygen atoms in total. The number of nitrogens with zero attached hydrogens (tertiary/aromatic N) is 3. The highest BCUT2D eigenvalue weighted by atomic mass is 19.1. The van der Waals surface area contributed by atoms with Gasteiger partial charge in [-0.25, -0.2) is 13.8 Å². The molecule has 1 fully saturated rings. The van der Waals surface area contributed by atoms with Gasteiger partial charge in [-0.3, -0.25) is 9.69 Å². The highest BCUT2D eigenvalue weighted by Crippen LogP contribution is 2.42. The molecule has 0 radical (unpaired) electrons. The maximum atomic E-state index is 13.5. The van der Waals surface area contributed by atoms with Gasteiger partial charge >= 0.3 is 0 Å². The summed E-state index contributed by atoms with van der Waals surface area (Å²) in [5.41, 5.74) is 2.20. The average Bonchev–Trinajstić information content (AvgIpc) is 3.13. The minimum absolute atomic E-state index is 0.0676. The highest BCUT2D eigenvalue weighted by molar-refractivity contribution is 5.94. The molecule has 1 spiro atoms. The summed E-state index contributed by atoms with van der Waals surface area (Å²) in [4.78, 5) is 24.8. The molecule has 1 saturated heterocycles. The minimum Gasteiger partial charge on any atom is -0.348 e. The lowest BCUT2D eigenvalue weighted by molar-refractivity contribution is 0.00705. The summed E-state index contributed by atoms with van der Waals surface area (Å²) < 4.78 is 27.0. The minimum atomic E-state index is -0.727. The monoisotopic (exact) mass is 374 g/mol. The van der Waals surface area contributed by atoms with Crippen molar-refractivity contribution in [3.05, 3.63) is 53.1 Å². The second-order valence-corrected chi connectivity index (χ2v) is 7.45. The zero-order chi connectivity index (χ0) is 19.0. The van der Waals surface area contributed by atoms with Crippen molar-refractivity contribution in [3.63, 3.8) is 0 Å². The first-order valence-electron chi connectivity index (χ1n) is 9.56. The van der Waals surface area contributed by atoms with Gasteiger partial charge in [0.2, 0.25) is 0 Å². The number of carbonyl (C=O) groups excluding carboxylic acids is 1. The third kappa shape index (κ3) is 3.14. The van der Waals surface area contributed by atoms with Gasteiger partial charge in [0.05, 0.1) is 17.6 Å². The Balaban J connectivity index is 1.56. The fourth-order valence-electron chi connectivity index (χ4n) is 4.61. The van der Waals surface area contributed by atoms with Gasteiger partial charge in [-0.2, -0.15) is 0 Å². The van der Waals surface area contributed by atoms with E-state index in [0.29, 0.717) is 13.1 Å². The number of hydrogen-bond acceptors (Lipinski definition) is 3. The number of hydrogen-bond donors (Lipinski definition) is 1. The van der Waals surface area contributed by atoms with E-state index in [2.05, 4.69) is 21.8 Å². The number of likely N-dealkylation sites (tertiary alicyclic amines) is 1. The van der Waals surface area contributed by atoms with Crippen LogP contribution in [-0.2, 0) is 12.0 Å². The topological polar surface area (TPSA) is 52.2 Å². The SMILES string of the molecule is CCCN1CCc2[nH]cnc2C12CCN(C(=O)c1cc(F)cc(F)c1)CC2. The first-order valence-corrected chi connectivity index (χ1v) is 9.56. The largest absolute Gasteiger partial charge is 0.348 e. The Morgan fingerprint density at radius 3 is 2.56 bits per heavy atom. The van der Waals surface area contributed by atoms with E-state index in [4.69, 9.17) is 0 Å². The second-order valence-electron chi connectivity index (χ2n) is 7.45. The lowest BCUT2D eigenvalue weighted by Gasteiger charge is -2.50. The normalized spacial score (nSPS) is 19.3. The number of carbonyl (C=O) groups is 1. The molecule has 0 atom stereocenters. The molecule has 4 rings (SSSR count). The molecular formula is C20H24F2N4O. The predicted octanol–water partition coefficient (Wildman–Crippen LogP) is 3.09. The number of fused-ring (bicyclic) bond motifs is 2. The predicted molar refractivity (Wildman–Crippen MR) is 97.3 cm³/mol. The van der Waals surface area contributed by atoms with Crippen LogP contribution >= 0.6 is 0 Å². The molecule has 0 aliphatic carbocycles. The quantitative estimate of drug-likeness (QED) is 0.898. The number of rotatable bonds is 3. The van der Waals surface area contributed by atoms with Gasteiger partial charge in [0.25, 0.3) is 5.91 Å². The van der Waals surface area contributed by atoms with Crippen molar-refractivity contribution in [1.82, 2.24) is 19.8 Å². The number of aromatic amines is 1. The van der Waals surface area contributed by atoms with Crippen LogP contribution in [0.4, 0.5) is 8.78 Å². The summed E-state index contributed by atoms with van der Waals surface area (Å²) >= 11 is 0. The number of amides is 1. The Bertz CT molecular complexity index is 822. The highest BCUT2D eigenvalue weighted by Gasteiger charge is 2.46. The van der Waals surface area contributed by atoms with Crippen LogP contribution in [0.1, 0.15) is 47.9 Å². The van der Waals surface area contributed by atoms with Gasteiger partial charge in [-0.05, 0) is 37.9 Å². The summed E-state index contributed by atoms with van der Waals surface area (Å²) in [6.45, 7) is 5.24. The Hall–Kier alpha value is -2.28. The van der Waals surface area contributed by atoms with Crippen molar-refractivity contribution in [2.24, 2.45) is 0 Å². The van der Waals surface area contributed by atoms with Crippen LogP contribution < -0.4 is 0 Å². The Labute approximate surface area is 157 Å². The second kappa shape index (κ2) is 7.03. The molecule has 1 aromatic heterocycles. The van der Waals surface area contributed by atoms with Crippen LogP contribution in [0.2, 0.25) is 0 Å². The van der Waals surface area contributed by atoms with Crippen molar-refractivity contribution in [2.75, 3.05) is 26.2 Å². The van der Waals surface area contributed by atoms with E-state index >= 15 is 0 Å². The molecule has 2 aliphatic heterocycles. The number of benzene rings is 1. The number of aromatic nitrogens is 2. The molecule has 3 heterocycles. The fraction of sp³-hybridized carbons (Fsp3) is 0.500. The fourth-order valence-corrected chi connectivity index (χ4v) is 4.61. The molecule has 7 heteroatoms. The zero-order valence-electron chi connectivity index (χ0n) is 15.5. The molecule has 27 heavy (non-hydrogen) atoms. The zero-order valence-corrected chi connectivity index (χ0v) is 15.5. The number of halogens is 2. The van der Waals surface area contributed by atoms with Crippen LogP contribution in [0.15, 0.2) is 24.5 Å². The molecular weight excluding hydrogens is 350 g/mol. The third-order valence-corrected chi connectivity index (χ3v) is 5.88. The standard InChI is InChI=1S/C20H24F2N4O/c1-2-6-26-7-3-17-18(24-13-23-17)20(26)4-8-25(9-5-20)19(27)14-10-15(21)12-16(22)11-14/h10-13H,2-9H2,1H3,(H,23,24). The Morgan fingerprint density at radius 1 is 1.19 bits per heavy atom. The molecule has 2 aliphatic rings. The van der Waals surface area contributed by atoms with E-state index < -0.39 is 11.6 Å². The first-order chi connectivity index (χ1) is 13.0. The average molecular weight is 374 g/mol. The van der Waals surface area contributed by atoms with Crippen LogP contribution in [0, 0.1) is 11.6 Å². The van der Waals surface area contributed by atoms with E-state index in [0.717, 1.165) is 62.7 Å². The lowest BCUT2D eigenvalue weighted by atomic mass is 9.78. The summed E-state index contributed by atoms with van der Waals surface area (Å²) in [6.07, 6.45) is 5.33. The van der Waals surface area contributed by atoms with Gasteiger partial charge in [0.1, 0.15) is 11.6 Å². The van der Waals surface area contributed by atoms with E-state index in [1.807, 2.05) is 0 Å². The number of H-pyrrole nitrogens is 1. The summed E-state index contributed by atoms with van der Waals surface area (Å²) in [7, 11) is 0. The van der Waals surface area contributed by atoms with E-state index in [1.165, 1.54) is 5.69 Å². The summed E-state index contributed by atoms with van der Waals surface area (Å²) in [5, 5.41) is 0. The molecule has 1 amide bonds. The van der Waals surface area contributed by atoms with Crippen molar-refractivity contribution >= 4 is 5.91 Å². The summed E-state index contributed by atoms with van der Waals surface area (Å²) in [5.74, 6) is -1.77. The molecule has 0 saturated carbocycles. The van der Waals surface area contributed by atoms with Crippen molar-refractivity contribution in [3.8, 4) is 0 Å². The van der Waals surface area contributed by atoms with Crippen molar-refractivity contribution in [2.45, 2.75) is 38.1 Å². The van der Waals surface area contributed by atoms with Gasteiger partial charge in [-0.1, -0.05) is 6.92 Å². The Morgan fingerprint density at radius 2 is 1.89 bits per heavy atom. The van der Waals surface area contributed by atoms with Crippen molar-refractivity contribution < 1.29 is 13.6 Å². The molecule has 0 bridgehead atoms. The third-order valence-electron chi connectivity index (χ3n) is 5.88.